The van der Waals surface area contributed by atoms with Crippen molar-refractivity contribution in [3.63, 3.8) is 0 Å². The number of ether oxygens (including phenoxy) is 3. The van der Waals surface area contributed by atoms with Gasteiger partial charge in [0.2, 0.25) is 0 Å². The fourth-order valence-electron chi connectivity index (χ4n) is 3.51. The van der Waals surface area contributed by atoms with E-state index in [1.807, 2.05) is 46.0 Å². The van der Waals surface area contributed by atoms with Crippen LogP contribution in [-0.4, -0.2) is 44.2 Å². The lowest BCUT2D eigenvalue weighted by atomic mass is 10.1. The molecule has 0 saturated heterocycles. The molecule has 0 amide bonds. The van der Waals surface area contributed by atoms with Crippen molar-refractivity contribution in [1.82, 2.24) is 30.0 Å². The second kappa shape index (κ2) is 12.3. The van der Waals surface area contributed by atoms with Crippen molar-refractivity contribution in [2.24, 2.45) is 0 Å². The van der Waals surface area contributed by atoms with Crippen molar-refractivity contribution >= 4 is 31.9 Å². The van der Waals surface area contributed by atoms with Gasteiger partial charge in [-0.25, -0.2) is 0 Å². The molecule has 0 atom stereocenters. The minimum Gasteiger partial charge on any atom is -0.496 e. The molecule has 0 radical (unpaired) electrons. The van der Waals surface area contributed by atoms with E-state index < -0.39 is 0 Å². The number of nitrogens with zero attached hydrogens (tertiary/aromatic N) is 6. The molecule has 4 rings (SSSR count). The summed E-state index contributed by atoms with van der Waals surface area (Å²) in [7, 11) is 3.31. The molecule has 2 heterocycles. The first-order valence-electron chi connectivity index (χ1n) is 11.0. The third-order valence-corrected chi connectivity index (χ3v) is 6.60. The number of hydrogen-bond donors (Lipinski definition) is 0. The Morgan fingerprint density at radius 1 is 0.714 bits per heavy atom. The Bertz CT molecular complexity index is 1160. The van der Waals surface area contributed by atoms with Crippen LogP contribution in [0.3, 0.4) is 0 Å². The van der Waals surface area contributed by atoms with E-state index in [0.717, 1.165) is 57.8 Å². The molecule has 2 aromatic heterocycles. The molecule has 0 saturated carbocycles. The Morgan fingerprint density at radius 3 is 1.57 bits per heavy atom. The molecule has 35 heavy (non-hydrogen) atoms. The van der Waals surface area contributed by atoms with Gasteiger partial charge in [0.15, 0.2) is 0 Å². The third-order valence-electron chi connectivity index (χ3n) is 5.36. The maximum absolute atomic E-state index is 5.77. The summed E-state index contributed by atoms with van der Waals surface area (Å²) in [5.74, 6) is 1.64. The highest BCUT2D eigenvalue weighted by atomic mass is 79.9. The molecule has 0 N–H and O–H groups in total. The first kappa shape index (κ1) is 25.3. The van der Waals surface area contributed by atoms with Crippen LogP contribution in [0, 0.1) is 0 Å². The van der Waals surface area contributed by atoms with Crippen molar-refractivity contribution in [3.05, 3.63) is 80.3 Å². The van der Waals surface area contributed by atoms with Crippen LogP contribution in [0.15, 0.2) is 57.7 Å². The number of hydrogen-bond acceptors (Lipinski definition) is 7. The Morgan fingerprint density at radius 2 is 1.17 bits per heavy atom. The highest BCUT2D eigenvalue weighted by Crippen LogP contribution is 2.26. The molecule has 0 aliphatic carbocycles. The standard InChI is InChI=1S/C24H26Br2N6O3/c1-33-23-5-3-17(11-21(23)25)7-9-31-13-19(27-29-31)15-35-16-20-14-32(30-28-20)10-8-18-4-6-24(34-2)22(26)12-18/h3-6,11-14H,7-10,15-16H2,1-2H3. The van der Waals surface area contributed by atoms with E-state index in [9.17, 15) is 0 Å². The third kappa shape index (κ3) is 7.12. The second-order valence-electron chi connectivity index (χ2n) is 7.88. The monoisotopic (exact) mass is 604 g/mol. The average molecular weight is 606 g/mol. The van der Waals surface area contributed by atoms with E-state index in [1.165, 1.54) is 11.1 Å². The molecule has 0 aliphatic heterocycles. The smallest absolute Gasteiger partial charge is 0.133 e. The van der Waals surface area contributed by atoms with Crippen LogP contribution in [0.2, 0.25) is 0 Å². The van der Waals surface area contributed by atoms with E-state index in [1.54, 1.807) is 14.2 Å². The highest BCUT2D eigenvalue weighted by Gasteiger charge is 2.07. The number of benzene rings is 2. The molecule has 9 nitrogen and oxygen atoms in total. The predicted octanol–water partition coefficient (Wildman–Crippen LogP) is 4.61. The van der Waals surface area contributed by atoms with Crippen LogP contribution in [0.5, 0.6) is 11.5 Å². The summed E-state index contributed by atoms with van der Waals surface area (Å²) in [4.78, 5) is 0. The summed E-state index contributed by atoms with van der Waals surface area (Å²) in [5, 5.41) is 16.8. The molecule has 0 fully saturated rings. The molecular formula is C24H26Br2N6O3. The van der Waals surface area contributed by atoms with Crippen molar-refractivity contribution in [2.75, 3.05) is 14.2 Å². The minimum atomic E-state index is 0.362. The van der Waals surface area contributed by atoms with Crippen LogP contribution >= 0.6 is 31.9 Å². The number of halogens is 2. The SMILES string of the molecule is COc1ccc(CCn2cc(COCc3cn(CCc4ccc(OC)c(Br)c4)nn3)nn2)cc1Br. The first-order valence-corrected chi connectivity index (χ1v) is 12.6. The maximum atomic E-state index is 5.77. The normalized spacial score (nSPS) is 11.1. The fourth-order valence-corrected chi connectivity index (χ4v) is 4.68. The lowest BCUT2D eigenvalue weighted by molar-refractivity contribution is 0.102. The highest BCUT2D eigenvalue weighted by molar-refractivity contribution is 9.10. The number of methoxy groups -OCH3 is 2. The van der Waals surface area contributed by atoms with Gasteiger partial charge in [-0.1, -0.05) is 22.6 Å². The van der Waals surface area contributed by atoms with E-state index in [4.69, 9.17) is 14.2 Å². The Balaban J connectivity index is 1.19. The molecule has 0 bridgehead atoms. The summed E-state index contributed by atoms with van der Waals surface area (Å²) in [6.45, 7) is 2.18. The molecule has 4 aromatic rings. The van der Waals surface area contributed by atoms with Gasteiger partial charge in [-0.15, -0.1) is 10.2 Å². The van der Waals surface area contributed by atoms with Crippen LogP contribution in [0.25, 0.3) is 0 Å². The molecule has 0 aliphatic rings. The van der Waals surface area contributed by atoms with Crippen LogP contribution in [0.1, 0.15) is 22.5 Å². The molecule has 2 aromatic carbocycles. The number of aromatic nitrogens is 6. The molecular weight excluding hydrogens is 580 g/mol. The molecule has 11 heteroatoms. The lowest BCUT2D eigenvalue weighted by Gasteiger charge is -2.06. The predicted molar refractivity (Wildman–Crippen MR) is 137 cm³/mol. The Kier molecular flexibility index (Phi) is 8.89. The number of rotatable bonds is 12. The van der Waals surface area contributed by atoms with Gasteiger partial charge in [0.1, 0.15) is 22.9 Å². The molecule has 184 valence electrons. The topological polar surface area (TPSA) is 89.1 Å². The fraction of sp³-hybridized carbons (Fsp3) is 0.333. The minimum absolute atomic E-state index is 0.362. The van der Waals surface area contributed by atoms with Gasteiger partial charge in [-0.05, 0) is 80.1 Å². The van der Waals surface area contributed by atoms with Gasteiger partial charge in [0.25, 0.3) is 0 Å². The number of aryl methyl sites for hydroxylation is 4. The molecule has 0 unspecified atom stereocenters. The zero-order chi connectivity index (χ0) is 24.6. The van der Waals surface area contributed by atoms with Crippen LogP contribution in [0.4, 0.5) is 0 Å². The summed E-state index contributed by atoms with van der Waals surface area (Å²) < 4.78 is 21.8. The zero-order valence-electron chi connectivity index (χ0n) is 19.5. The van der Waals surface area contributed by atoms with Gasteiger partial charge in [-0.3, -0.25) is 9.36 Å². The van der Waals surface area contributed by atoms with Gasteiger partial charge >= 0.3 is 0 Å². The largest absolute Gasteiger partial charge is 0.496 e. The van der Waals surface area contributed by atoms with Gasteiger partial charge in [0.05, 0.1) is 48.8 Å². The van der Waals surface area contributed by atoms with E-state index in [0.29, 0.717) is 13.2 Å². The van der Waals surface area contributed by atoms with E-state index in [-0.39, 0.29) is 0 Å². The summed E-state index contributed by atoms with van der Waals surface area (Å²) >= 11 is 7.04. The maximum Gasteiger partial charge on any atom is 0.133 e. The summed E-state index contributed by atoms with van der Waals surface area (Å²) in [6.07, 6.45) is 5.48. The van der Waals surface area contributed by atoms with Gasteiger partial charge in [-0.2, -0.15) is 0 Å². The van der Waals surface area contributed by atoms with Gasteiger partial charge < -0.3 is 14.2 Å². The van der Waals surface area contributed by atoms with E-state index >= 15 is 0 Å². The average Bonchev–Trinajstić information content (AvgIpc) is 3.51. The van der Waals surface area contributed by atoms with Crippen molar-refractivity contribution in [3.8, 4) is 11.5 Å². The summed E-state index contributed by atoms with van der Waals surface area (Å²) in [5.41, 5.74) is 3.93. The first-order chi connectivity index (χ1) is 17.0. The zero-order valence-corrected chi connectivity index (χ0v) is 22.7. The van der Waals surface area contributed by atoms with Gasteiger partial charge in [0, 0.05) is 13.1 Å². The van der Waals surface area contributed by atoms with Crippen LogP contribution < -0.4 is 9.47 Å². The summed E-state index contributed by atoms with van der Waals surface area (Å²) in [6, 6.07) is 12.1. The Hall–Kier alpha value is -2.76. The quantitative estimate of drug-likeness (QED) is 0.233. The lowest BCUT2D eigenvalue weighted by Crippen LogP contribution is -2.02. The molecule has 0 spiro atoms. The van der Waals surface area contributed by atoms with Crippen LogP contribution in [-0.2, 0) is 43.9 Å². The van der Waals surface area contributed by atoms with Crippen molar-refractivity contribution in [2.45, 2.75) is 39.1 Å². The van der Waals surface area contributed by atoms with Crippen molar-refractivity contribution in [1.29, 1.82) is 0 Å². The second-order valence-corrected chi connectivity index (χ2v) is 9.59. The Labute approximate surface area is 220 Å². The van der Waals surface area contributed by atoms with E-state index in [2.05, 4.69) is 64.6 Å². The van der Waals surface area contributed by atoms with Crippen molar-refractivity contribution < 1.29 is 14.2 Å².